The molecule has 0 saturated carbocycles. The van der Waals surface area contributed by atoms with Crippen molar-refractivity contribution < 1.29 is 111 Å². The van der Waals surface area contributed by atoms with E-state index in [4.69, 9.17) is 17.7 Å². The molecule has 256 valence electrons. The van der Waals surface area contributed by atoms with E-state index in [0.29, 0.717) is 0 Å². The average molecular weight is 876 g/mol. The summed E-state index contributed by atoms with van der Waals surface area (Å²) in [4.78, 5) is 45.3. The van der Waals surface area contributed by atoms with Gasteiger partial charge in [0.2, 0.25) is 23.1 Å². The summed E-state index contributed by atoms with van der Waals surface area (Å²) in [5.41, 5.74) is -6.07. The fraction of sp³-hybridized carbons (Fsp3) is 0.800. The summed E-state index contributed by atoms with van der Waals surface area (Å²) in [5, 5.41) is 0. The molecule has 43 heavy (non-hydrogen) atoms. The van der Waals surface area contributed by atoms with Crippen molar-refractivity contribution in [3.63, 3.8) is 0 Å². The van der Waals surface area contributed by atoms with Crippen LogP contribution in [-0.2, 0) is 57.9 Å². The third-order valence-corrected chi connectivity index (χ3v) is 13.6. The molecule has 0 aromatic carbocycles. The molecule has 0 N–H and O–H groups in total. The Hall–Kier alpha value is -1.20. The summed E-state index contributed by atoms with van der Waals surface area (Å²) in [7, 11) is -5.42. The Morgan fingerprint density at radius 2 is 0.651 bits per heavy atom. The van der Waals surface area contributed by atoms with Gasteiger partial charge in [-0.25, -0.2) is 0 Å². The van der Waals surface area contributed by atoms with Crippen LogP contribution in [0.4, 0.5) is 52.7 Å². The van der Waals surface area contributed by atoms with Crippen LogP contribution in [0.5, 0.6) is 0 Å². The van der Waals surface area contributed by atoms with Gasteiger partial charge in [-0.15, -0.1) is 0 Å². The van der Waals surface area contributed by atoms with E-state index in [9.17, 15) is 71.9 Å². The molecular weight excluding hydrogens is 847 g/mol. The maximum absolute atomic E-state index is 12.5. The normalized spacial score (nSPS) is 13.3. The molecule has 23 heteroatoms. The van der Waals surface area contributed by atoms with E-state index >= 15 is 0 Å². The van der Waals surface area contributed by atoms with Crippen LogP contribution in [0.25, 0.3) is 0 Å². The van der Waals surface area contributed by atoms with Crippen LogP contribution in [0.1, 0.15) is 26.7 Å². The van der Waals surface area contributed by atoms with Crippen LogP contribution in [-0.4, -0.2) is 93.4 Å². The largest absolute Gasteiger partial charge is 2.00 e. The molecule has 0 atom stereocenters. The molecule has 0 aromatic heterocycles. The first kappa shape index (κ1) is 46.2. The number of carbonyl (C=O) groups excluding carboxylic acids is 4. The molecule has 0 rings (SSSR count). The van der Waals surface area contributed by atoms with Gasteiger partial charge < -0.3 is 17.7 Å². The van der Waals surface area contributed by atoms with Gasteiger partial charge in [-0.1, -0.05) is 26.7 Å². The number of hydrogen-bond acceptors (Lipinski definition) is 8. The first-order valence-electron chi connectivity index (χ1n) is 11.4. The van der Waals surface area contributed by atoms with Crippen LogP contribution in [0.3, 0.4) is 0 Å². The van der Waals surface area contributed by atoms with Gasteiger partial charge >= 0.3 is 62.9 Å². The third-order valence-electron chi connectivity index (χ3n) is 5.62. The van der Waals surface area contributed by atoms with Gasteiger partial charge in [0.05, 0.1) is 0 Å². The first-order chi connectivity index (χ1) is 18.7. The number of carbonyl (C=O) groups is 4. The standard InChI is InChI=1S/2C10H14F6O4Si.Pt/c2*1-4-5-21(19-2,20-3)6(7(17)9(11,12)13)8(18)10(14,15)16;/h2*6H,4-5H2,1-3H3;/q;;+2. The molecule has 0 amide bonds. The van der Waals surface area contributed by atoms with Crippen LogP contribution >= 0.6 is 0 Å². The number of rotatable bonds is 14. The van der Waals surface area contributed by atoms with Crippen molar-refractivity contribution in [3.05, 3.63) is 0 Å². The summed E-state index contributed by atoms with van der Waals surface area (Å²) in [5.74, 6) is -11.2. The molecule has 0 aliphatic rings. The van der Waals surface area contributed by atoms with Crippen LogP contribution in [0.15, 0.2) is 0 Å². The van der Waals surface area contributed by atoms with Gasteiger partial charge in [0, 0.05) is 28.4 Å². The fourth-order valence-electron chi connectivity index (χ4n) is 3.72. The van der Waals surface area contributed by atoms with Crippen molar-refractivity contribution in [1.82, 2.24) is 0 Å². The van der Waals surface area contributed by atoms with E-state index < -0.39 is 76.0 Å². The third kappa shape index (κ3) is 12.3. The number of ketones is 4. The number of halogens is 12. The first-order valence-corrected chi connectivity index (χ1v) is 15.6. The molecule has 0 radical (unpaired) electrons. The van der Waals surface area contributed by atoms with Crippen LogP contribution in [0.2, 0.25) is 23.2 Å². The van der Waals surface area contributed by atoms with Gasteiger partial charge in [0.25, 0.3) is 0 Å². The van der Waals surface area contributed by atoms with Crippen molar-refractivity contribution in [2.45, 2.75) is 74.6 Å². The molecule has 0 spiro atoms. The Morgan fingerprint density at radius 1 is 0.488 bits per heavy atom. The number of alkyl halides is 12. The predicted octanol–water partition coefficient (Wildman–Crippen LogP) is 5.53. The second-order valence-corrected chi connectivity index (χ2v) is 15.3. The maximum Gasteiger partial charge on any atom is 2.00 e. The summed E-state index contributed by atoms with van der Waals surface area (Å²) in [6.07, 6.45) is -22.2. The van der Waals surface area contributed by atoms with E-state index in [1.165, 1.54) is 13.8 Å². The number of Topliss-reactive ketones (excluding diaryl/α,β-unsaturated/α-hetero) is 4. The minimum absolute atomic E-state index is 0. The molecule has 0 heterocycles. The summed E-state index contributed by atoms with van der Waals surface area (Å²) in [6, 6.07) is -0.734. The van der Waals surface area contributed by atoms with Crippen molar-refractivity contribution in [2.75, 3.05) is 28.4 Å². The summed E-state index contributed by atoms with van der Waals surface area (Å²) < 4.78 is 169. The monoisotopic (exact) mass is 875 g/mol. The van der Waals surface area contributed by atoms with Crippen LogP contribution < -0.4 is 0 Å². The van der Waals surface area contributed by atoms with Crippen molar-refractivity contribution in [2.24, 2.45) is 0 Å². The van der Waals surface area contributed by atoms with Crippen LogP contribution in [0, 0.1) is 0 Å². The molecule has 0 saturated heterocycles. The van der Waals surface area contributed by atoms with E-state index in [1.807, 2.05) is 0 Å². The van der Waals surface area contributed by atoms with Gasteiger partial charge in [0.15, 0.2) is 0 Å². The Labute approximate surface area is 253 Å². The van der Waals surface area contributed by atoms with E-state index in [0.717, 1.165) is 28.4 Å². The molecule has 0 unspecified atom stereocenters. The average Bonchev–Trinajstić information content (AvgIpc) is 2.85. The minimum Gasteiger partial charge on any atom is -0.397 e. The zero-order valence-electron chi connectivity index (χ0n) is 23.1. The Bertz CT molecular complexity index is 805. The molecule has 0 aliphatic carbocycles. The van der Waals surface area contributed by atoms with E-state index in [2.05, 4.69) is 0 Å². The van der Waals surface area contributed by atoms with Gasteiger partial charge in [-0.05, 0) is 12.1 Å². The zero-order chi connectivity index (χ0) is 34.1. The quantitative estimate of drug-likeness (QED) is 0.128. The van der Waals surface area contributed by atoms with Crippen molar-refractivity contribution >= 4 is 40.3 Å². The SMILES string of the molecule is CCC[Si](OC)(OC)C(C(=O)C(F)(F)F)C(=O)C(F)(F)F.CCC[Si](OC)(OC)C(C(=O)C(F)(F)F)C(=O)C(F)(F)F.[Pt+2]. The second kappa shape index (κ2) is 17.5. The number of hydrogen-bond donors (Lipinski definition) is 0. The van der Waals surface area contributed by atoms with Gasteiger partial charge in [-0.3, -0.25) is 19.2 Å². The van der Waals surface area contributed by atoms with Gasteiger partial charge in [-0.2, -0.15) is 52.7 Å². The van der Waals surface area contributed by atoms with E-state index in [-0.39, 0.29) is 46.0 Å². The molecule has 0 aliphatic heterocycles. The Balaban J connectivity index is -0.000000727. The fourth-order valence-corrected chi connectivity index (χ4v) is 10.0. The Morgan fingerprint density at radius 3 is 0.744 bits per heavy atom. The summed E-state index contributed by atoms with van der Waals surface area (Å²) >= 11 is 0. The zero-order valence-corrected chi connectivity index (χ0v) is 27.4. The molecule has 0 aromatic rings. The molecule has 8 nitrogen and oxygen atoms in total. The van der Waals surface area contributed by atoms with E-state index in [1.54, 1.807) is 0 Å². The molecule has 0 fully saturated rings. The van der Waals surface area contributed by atoms with Crippen molar-refractivity contribution in [1.29, 1.82) is 0 Å². The smallest absolute Gasteiger partial charge is 0.397 e. The van der Waals surface area contributed by atoms with Gasteiger partial charge in [0.1, 0.15) is 11.1 Å². The Kier molecular flexibility index (Phi) is 18.8. The maximum atomic E-state index is 12.5. The topological polar surface area (TPSA) is 105 Å². The predicted molar refractivity (Wildman–Crippen MR) is 121 cm³/mol. The summed E-state index contributed by atoms with van der Waals surface area (Å²) in [6.45, 7) is 2.90. The molecular formula is C20H28F12O8PtSi2+2. The van der Waals surface area contributed by atoms with Crippen molar-refractivity contribution in [3.8, 4) is 0 Å². The second-order valence-electron chi connectivity index (χ2n) is 8.25. The minimum atomic E-state index is -5.60. The molecule has 0 bridgehead atoms.